The highest BCUT2D eigenvalue weighted by molar-refractivity contribution is 5.28. The highest BCUT2D eigenvalue weighted by Crippen LogP contribution is 2.49. The van der Waals surface area contributed by atoms with Gasteiger partial charge in [0, 0.05) is 11.0 Å². The van der Waals surface area contributed by atoms with Gasteiger partial charge in [-0.3, -0.25) is 10.1 Å². The van der Waals surface area contributed by atoms with Crippen LogP contribution >= 0.6 is 0 Å². The number of rotatable bonds is 5. The number of nitrogens with one attached hydrogen (secondary N) is 1. The maximum absolute atomic E-state index is 14.0. The summed E-state index contributed by atoms with van der Waals surface area (Å²) in [5, 5.41) is 14.4. The van der Waals surface area contributed by atoms with Gasteiger partial charge in [0.2, 0.25) is 0 Å². The third-order valence-electron chi connectivity index (χ3n) is 4.31. The van der Waals surface area contributed by atoms with Gasteiger partial charge in [-0.05, 0) is 37.9 Å². The predicted octanol–water partition coefficient (Wildman–Crippen LogP) is 2.71. The Balaban J connectivity index is 2.28. The lowest BCUT2D eigenvalue weighted by molar-refractivity contribution is -0.610. The summed E-state index contributed by atoms with van der Waals surface area (Å²) >= 11 is 0. The Kier molecular flexibility index (Phi) is 5.28. The van der Waals surface area contributed by atoms with E-state index in [1.807, 2.05) is 0 Å². The Morgan fingerprint density at radius 3 is 2.38 bits per heavy atom. The number of halogens is 5. The first kappa shape index (κ1) is 18.8. The van der Waals surface area contributed by atoms with Crippen molar-refractivity contribution in [3.63, 3.8) is 0 Å². The number of ether oxygens (including phenoxy) is 1. The molecule has 136 valence electrons. The molecule has 1 saturated heterocycles. The second kappa shape index (κ2) is 6.75. The van der Waals surface area contributed by atoms with Crippen molar-refractivity contribution in [3.8, 4) is 0 Å². The van der Waals surface area contributed by atoms with Crippen LogP contribution in [0.25, 0.3) is 0 Å². The molecule has 2 atom stereocenters. The standard InChI is InChI=1S/C14H17F5N2O3/c15-13(16,14(17,18)19)12(21(22)23)6-2-1-3-11(12)24-9-10-4-7-20-8-5-10/h1-3,6,10-11,20H,4-5,7-9H2. The minimum Gasteiger partial charge on any atom is -0.366 e. The molecule has 0 aromatic carbocycles. The fourth-order valence-corrected chi connectivity index (χ4v) is 2.87. The van der Waals surface area contributed by atoms with Gasteiger partial charge < -0.3 is 10.1 Å². The summed E-state index contributed by atoms with van der Waals surface area (Å²) in [5.41, 5.74) is -3.72. The van der Waals surface area contributed by atoms with Crippen LogP contribution in [0.1, 0.15) is 12.8 Å². The van der Waals surface area contributed by atoms with Crippen LogP contribution < -0.4 is 5.32 Å². The molecule has 0 amide bonds. The Morgan fingerprint density at radius 1 is 1.21 bits per heavy atom. The first-order chi connectivity index (χ1) is 11.1. The van der Waals surface area contributed by atoms with E-state index in [2.05, 4.69) is 5.32 Å². The summed E-state index contributed by atoms with van der Waals surface area (Å²) in [4.78, 5) is 9.68. The highest BCUT2D eigenvalue weighted by atomic mass is 19.4. The van der Waals surface area contributed by atoms with E-state index in [1.165, 1.54) is 6.08 Å². The average molecular weight is 356 g/mol. The van der Waals surface area contributed by atoms with E-state index in [1.54, 1.807) is 0 Å². The number of alkyl halides is 5. The van der Waals surface area contributed by atoms with Gasteiger partial charge in [-0.1, -0.05) is 12.2 Å². The molecule has 10 heteroatoms. The van der Waals surface area contributed by atoms with Crippen LogP contribution in [0.5, 0.6) is 0 Å². The van der Waals surface area contributed by atoms with Crippen molar-refractivity contribution in [1.29, 1.82) is 0 Å². The van der Waals surface area contributed by atoms with Crippen LogP contribution in [-0.4, -0.2) is 48.4 Å². The number of hydrogen-bond acceptors (Lipinski definition) is 4. The van der Waals surface area contributed by atoms with Gasteiger partial charge >= 0.3 is 17.6 Å². The monoisotopic (exact) mass is 356 g/mol. The zero-order chi connectivity index (χ0) is 18.0. The number of nitrogens with zero attached hydrogens (tertiary/aromatic N) is 1. The summed E-state index contributed by atoms with van der Waals surface area (Å²) in [6, 6.07) is 0. The Bertz CT molecular complexity index is 529. The lowest BCUT2D eigenvalue weighted by Gasteiger charge is -2.37. The van der Waals surface area contributed by atoms with Gasteiger partial charge in [-0.15, -0.1) is 0 Å². The lowest BCUT2D eigenvalue weighted by atomic mass is 9.82. The van der Waals surface area contributed by atoms with Crippen molar-refractivity contribution in [2.24, 2.45) is 5.92 Å². The van der Waals surface area contributed by atoms with Gasteiger partial charge in [-0.25, -0.2) is 0 Å². The summed E-state index contributed by atoms with van der Waals surface area (Å²) < 4.78 is 71.6. The molecular weight excluding hydrogens is 339 g/mol. The fourth-order valence-electron chi connectivity index (χ4n) is 2.87. The van der Waals surface area contributed by atoms with E-state index in [-0.39, 0.29) is 18.6 Å². The molecule has 1 aliphatic carbocycles. The summed E-state index contributed by atoms with van der Waals surface area (Å²) in [6.45, 7) is 1.23. The van der Waals surface area contributed by atoms with E-state index in [4.69, 9.17) is 4.74 Å². The zero-order valence-electron chi connectivity index (χ0n) is 12.6. The van der Waals surface area contributed by atoms with Gasteiger partial charge in [0.1, 0.15) is 0 Å². The molecule has 1 N–H and O–H groups in total. The molecule has 2 unspecified atom stereocenters. The number of hydrogen-bond donors (Lipinski definition) is 1. The molecule has 2 rings (SSSR count). The predicted molar refractivity (Wildman–Crippen MR) is 74.3 cm³/mol. The lowest BCUT2D eigenvalue weighted by Crippen LogP contribution is -2.67. The maximum Gasteiger partial charge on any atom is 0.461 e. The Hall–Kier alpha value is -1.55. The van der Waals surface area contributed by atoms with E-state index in [0.717, 1.165) is 12.2 Å². The molecule has 1 fully saturated rings. The number of nitro groups is 1. The third kappa shape index (κ3) is 3.16. The van der Waals surface area contributed by atoms with Crippen LogP contribution in [0.4, 0.5) is 22.0 Å². The van der Waals surface area contributed by atoms with Crippen LogP contribution in [0, 0.1) is 16.0 Å². The third-order valence-corrected chi connectivity index (χ3v) is 4.31. The van der Waals surface area contributed by atoms with Gasteiger partial charge in [0.15, 0.2) is 6.10 Å². The molecule has 0 radical (unpaired) electrons. The van der Waals surface area contributed by atoms with Crippen LogP contribution in [0.2, 0.25) is 0 Å². The van der Waals surface area contributed by atoms with E-state index in [9.17, 15) is 32.1 Å². The SMILES string of the molecule is O=[N+]([O-])C1(C(F)(F)C(F)(F)F)C=CC=CC1OCC1CCNCC1. The van der Waals surface area contributed by atoms with Crippen molar-refractivity contribution < 1.29 is 31.6 Å². The molecule has 1 heterocycles. The van der Waals surface area contributed by atoms with Crippen LogP contribution in [0.3, 0.4) is 0 Å². The highest BCUT2D eigenvalue weighted by Gasteiger charge is 2.79. The molecule has 0 aromatic heterocycles. The zero-order valence-corrected chi connectivity index (χ0v) is 12.6. The molecule has 1 aliphatic heterocycles. The number of piperidine rings is 1. The van der Waals surface area contributed by atoms with E-state index >= 15 is 0 Å². The summed E-state index contributed by atoms with van der Waals surface area (Å²) in [7, 11) is 0. The van der Waals surface area contributed by atoms with E-state index < -0.39 is 28.7 Å². The Morgan fingerprint density at radius 2 is 1.83 bits per heavy atom. The minimum absolute atomic E-state index is 0.0467. The minimum atomic E-state index is -6.08. The molecule has 5 nitrogen and oxygen atoms in total. The smallest absolute Gasteiger partial charge is 0.366 e. The summed E-state index contributed by atoms with van der Waals surface area (Å²) in [6.07, 6.45) is -3.64. The second-order valence-corrected chi connectivity index (χ2v) is 5.85. The summed E-state index contributed by atoms with van der Waals surface area (Å²) in [5.74, 6) is -5.63. The first-order valence-corrected chi connectivity index (χ1v) is 7.40. The van der Waals surface area contributed by atoms with Gasteiger partial charge in [0.05, 0.1) is 6.61 Å². The van der Waals surface area contributed by atoms with Crippen molar-refractivity contribution in [2.45, 2.75) is 36.6 Å². The van der Waals surface area contributed by atoms with Crippen molar-refractivity contribution >= 4 is 0 Å². The van der Waals surface area contributed by atoms with Crippen LogP contribution in [-0.2, 0) is 4.74 Å². The molecule has 0 saturated carbocycles. The Labute approximate surface area is 134 Å². The molecule has 0 bridgehead atoms. The van der Waals surface area contributed by atoms with Gasteiger partial charge in [0.25, 0.3) is 0 Å². The quantitative estimate of drug-likeness (QED) is 0.467. The van der Waals surface area contributed by atoms with Crippen LogP contribution in [0.15, 0.2) is 24.3 Å². The van der Waals surface area contributed by atoms with Crippen molar-refractivity contribution in [3.05, 3.63) is 34.4 Å². The van der Waals surface area contributed by atoms with Crippen molar-refractivity contribution in [1.82, 2.24) is 5.32 Å². The molecule has 0 aromatic rings. The second-order valence-electron chi connectivity index (χ2n) is 5.85. The molecule has 2 aliphatic rings. The number of allylic oxidation sites excluding steroid dienone is 2. The normalized spacial score (nSPS) is 29.0. The molecule has 24 heavy (non-hydrogen) atoms. The fraction of sp³-hybridized carbons (Fsp3) is 0.714. The maximum atomic E-state index is 14.0. The average Bonchev–Trinajstić information content (AvgIpc) is 2.52. The van der Waals surface area contributed by atoms with Crippen molar-refractivity contribution in [2.75, 3.05) is 19.7 Å². The molecule has 0 spiro atoms. The molecular formula is C14H17F5N2O3. The topological polar surface area (TPSA) is 64.4 Å². The largest absolute Gasteiger partial charge is 0.461 e. The van der Waals surface area contributed by atoms with Gasteiger partial charge in [-0.2, -0.15) is 22.0 Å². The first-order valence-electron chi connectivity index (χ1n) is 7.40. The van der Waals surface area contributed by atoms with E-state index in [0.29, 0.717) is 25.9 Å².